The Kier molecular flexibility index (Phi) is 2.73. The first-order valence-corrected chi connectivity index (χ1v) is 4.82. The molecule has 88 valence electrons. The van der Waals surface area contributed by atoms with Gasteiger partial charge in [0, 0.05) is 24.7 Å². The predicted molar refractivity (Wildman–Crippen MR) is 58.4 cm³/mol. The summed E-state index contributed by atoms with van der Waals surface area (Å²) in [5.41, 5.74) is 0.662. The van der Waals surface area contributed by atoms with E-state index in [-0.39, 0.29) is 12.2 Å². The molecule has 0 aliphatic carbocycles. The van der Waals surface area contributed by atoms with Crippen LogP contribution in [-0.2, 0) is 9.63 Å². The van der Waals surface area contributed by atoms with E-state index >= 15 is 0 Å². The summed E-state index contributed by atoms with van der Waals surface area (Å²) in [7, 11) is 1.70. The summed E-state index contributed by atoms with van der Waals surface area (Å²) in [6, 6.07) is 5.88. The Morgan fingerprint density at radius 1 is 1.41 bits per heavy atom. The van der Waals surface area contributed by atoms with Crippen LogP contribution in [-0.4, -0.2) is 35.2 Å². The van der Waals surface area contributed by atoms with Gasteiger partial charge in [-0.25, -0.2) is 4.79 Å². The number of nitrogens with zero attached hydrogens (tertiary/aromatic N) is 3. The second-order valence-corrected chi connectivity index (χ2v) is 3.54. The fourth-order valence-electron chi connectivity index (χ4n) is 1.47. The van der Waals surface area contributed by atoms with E-state index < -0.39 is 10.9 Å². The Labute approximate surface area is 96.4 Å². The van der Waals surface area contributed by atoms with E-state index in [2.05, 4.69) is 9.99 Å². The molecule has 0 spiro atoms. The van der Waals surface area contributed by atoms with Gasteiger partial charge >= 0.3 is 5.97 Å². The molecule has 0 fully saturated rings. The predicted octanol–water partition coefficient (Wildman–Crippen LogP) is 0.745. The highest BCUT2D eigenvalue weighted by Crippen LogP contribution is 2.15. The fraction of sp³-hybridized carbons (Fsp3) is 0.200. The molecule has 1 aliphatic heterocycles. The van der Waals surface area contributed by atoms with Crippen LogP contribution in [0.4, 0.5) is 5.69 Å². The van der Waals surface area contributed by atoms with Gasteiger partial charge in [-0.15, -0.1) is 0 Å². The number of carbonyl (C=O) groups is 1. The van der Waals surface area contributed by atoms with E-state index in [1.54, 1.807) is 24.1 Å². The third-order valence-corrected chi connectivity index (χ3v) is 2.30. The fourth-order valence-corrected chi connectivity index (χ4v) is 1.47. The highest BCUT2D eigenvalue weighted by molar-refractivity contribution is 6.01. The van der Waals surface area contributed by atoms with Crippen LogP contribution in [0.1, 0.15) is 5.56 Å². The molecule has 7 heteroatoms. The van der Waals surface area contributed by atoms with E-state index in [1.165, 1.54) is 12.1 Å². The highest BCUT2D eigenvalue weighted by Gasteiger charge is 2.20. The maximum absolute atomic E-state index is 10.9. The zero-order valence-corrected chi connectivity index (χ0v) is 8.99. The van der Waals surface area contributed by atoms with E-state index in [9.17, 15) is 14.9 Å². The monoisotopic (exact) mass is 235 g/mol. The van der Waals surface area contributed by atoms with Gasteiger partial charge in [0.1, 0.15) is 6.54 Å². The average Bonchev–Trinajstić information content (AvgIpc) is 2.29. The van der Waals surface area contributed by atoms with Gasteiger partial charge in [-0.1, -0.05) is 5.16 Å². The number of likely N-dealkylation sites (N-methyl/N-ethyl adjacent to an activating group) is 1. The van der Waals surface area contributed by atoms with Crippen molar-refractivity contribution in [3.63, 3.8) is 0 Å². The van der Waals surface area contributed by atoms with E-state index in [0.717, 1.165) is 0 Å². The number of nitro groups is 1. The standard InChI is InChI=1S/C10H9N3O4/c1-12-6-9(14)17-11-10(12)7-2-4-8(5-3-7)13(15)16/h2-5H,6H2,1H3. The summed E-state index contributed by atoms with van der Waals surface area (Å²) in [5, 5.41) is 14.2. The number of hydrogen-bond acceptors (Lipinski definition) is 6. The number of amidine groups is 1. The Hall–Kier alpha value is -2.44. The van der Waals surface area contributed by atoms with Crippen molar-refractivity contribution in [1.29, 1.82) is 0 Å². The topological polar surface area (TPSA) is 85.0 Å². The van der Waals surface area contributed by atoms with Gasteiger partial charge in [0.2, 0.25) is 0 Å². The molecule has 1 heterocycles. The van der Waals surface area contributed by atoms with E-state index in [4.69, 9.17) is 0 Å². The molecule has 0 amide bonds. The summed E-state index contributed by atoms with van der Waals surface area (Å²) in [5.74, 6) is 0.0395. The van der Waals surface area contributed by atoms with Crippen molar-refractivity contribution in [2.45, 2.75) is 0 Å². The molecule has 0 saturated carbocycles. The van der Waals surface area contributed by atoms with Crippen LogP contribution < -0.4 is 0 Å². The minimum atomic E-state index is -0.476. The summed E-state index contributed by atoms with van der Waals surface area (Å²) >= 11 is 0. The number of nitro benzene ring substituents is 1. The summed E-state index contributed by atoms with van der Waals surface area (Å²) in [4.78, 5) is 27.1. The third kappa shape index (κ3) is 2.22. The SMILES string of the molecule is CN1CC(=O)ON=C1c1ccc([N+](=O)[O-])cc1. The molecule has 7 nitrogen and oxygen atoms in total. The summed E-state index contributed by atoms with van der Waals surface area (Å²) < 4.78 is 0. The minimum Gasteiger partial charge on any atom is -0.345 e. The van der Waals surface area contributed by atoms with Gasteiger partial charge in [0.25, 0.3) is 5.69 Å². The van der Waals surface area contributed by atoms with Crippen LogP contribution in [0, 0.1) is 10.1 Å². The summed E-state index contributed by atoms with van der Waals surface area (Å²) in [6.45, 7) is 0.107. The molecule has 1 aromatic rings. The lowest BCUT2D eigenvalue weighted by Crippen LogP contribution is -2.37. The van der Waals surface area contributed by atoms with Gasteiger partial charge in [0.05, 0.1) is 4.92 Å². The zero-order chi connectivity index (χ0) is 12.4. The van der Waals surface area contributed by atoms with Crippen molar-refractivity contribution in [3.05, 3.63) is 39.9 Å². The van der Waals surface area contributed by atoms with Crippen LogP contribution >= 0.6 is 0 Å². The Balaban J connectivity index is 2.28. The molecule has 2 rings (SSSR count). The van der Waals surface area contributed by atoms with Crippen molar-refractivity contribution in [3.8, 4) is 0 Å². The second-order valence-electron chi connectivity index (χ2n) is 3.54. The quantitative estimate of drug-likeness (QED) is 0.429. The number of carbonyl (C=O) groups excluding carboxylic acids is 1. The Morgan fingerprint density at radius 3 is 2.59 bits per heavy atom. The van der Waals surface area contributed by atoms with Crippen LogP contribution in [0.15, 0.2) is 29.4 Å². The lowest BCUT2D eigenvalue weighted by atomic mass is 10.1. The molecule has 1 aromatic carbocycles. The zero-order valence-electron chi connectivity index (χ0n) is 8.99. The maximum Gasteiger partial charge on any atom is 0.354 e. The molecule has 0 radical (unpaired) electrons. The van der Waals surface area contributed by atoms with Crippen LogP contribution in [0.25, 0.3) is 0 Å². The average molecular weight is 235 g/mol. The molecular weight excluding hydrogens is 226 g/mol. The largest absolute Gasteiger partial charge is 0.354 e. The minimum absolute atomic E-state index is 0.00445. The molecule has 0 aromatic heterocycles. The molecule has 1 aliphatic rings. The van der Waals surface area contributed by atoms with Crippen LogP contribution in [0.5, 0.6) is 0 Å². The second kappa shape index (κ2) is 4.20. The lowest BCUT2D eigenvalue weighted by Gasteiger charge is -2.22. The van der Waals surface area contributed by atoms with Crippen LogP contribution in [0.2, 0.25) is 0 Å². The molecule has 0 saturated heterocycles. The number of benzene rings is 1. The number of non-ortho nitro benzene ring substituents is 1. The molecule has 0 atom stereocenters. The Bertz CT molecular complexity index is 495. The molecular formula is C10H9N3O4. The van der Waals surface area contributed by atoms with E-state index in [0.29, 0.717) is 11.4 Å². The smallest absolute Gasteiger partial charge is 0.345 e. The van der Waals surface area contributed by atoms with Gasteiger partial charge < -0.3 is 9.74 Å². The van der Waals surface area contributed by atoms with Gasteiger partial charge in [-0.2, -0.15) is 0 Å². The normalized spacial score (nSPS) is 15.2. The van der Waals surface area contributed by atoms with Crippen molar-refractivity contribution in [2.24, 2.45) is 5.16 Å². The molecule has 0 unspecified atom stereocenters. The number of rotatable bonds is 2. The van der Waals surface area contributed by atoms with E-state index in [1.807, 2.05) is 0 Å². The highest BCUT2D eigenvalue weighted by atomic mass is 16.7. The van der Waals surface area contributed by atoms with Gasteiger partial charge in [0.15, 0.2) is 5.84 Å². The summed E-state index contributed by atoms with van der Waals surface area (Å²) in [6.07, 6.45) is 0. The molecule has 0 N–H and O–H groups in total. The first-order valence-electron chi connectivity index (χ1n) is 4.82. The van der Waals surface area contributed by atoms with Gasteiger partial charge in [-0.05, 0) is 12.1 Å². The first-order chi connectivity index (χ1) is 8.08. The maximum atomic E-state index is 10.9. The van der Waals surface area contributed by atoms with Crippen molar-refractivity contribution >= 4 is 17.5 Å². The first kappa shape index (κ1) is 11.1. The molecule has 0 bridgehead atoms. The van der Waals surface area contributed by atoms with Crippen molar-refractivity contribution in [2.75, 3.05) is 13.6 Å². The Morgan fingerprint density at radius 2 is 2.06 bits per heavy atom. The lowest BCUT2D eigenvalue weighted by molar-refractivity contribution is -0.384. The van der Waals surface area contributed by atoms with Crippen molar-refractivity contribution in [1.82, 2.24) is 4.90 Å². The number of oxime groups is 1. The molecule has 17 heavy (non-hydrogen) atoms. The third-order valence-electron chi connectivity index (χ3n) is 2.30. The van der Waals surface area contributed by atoms with Crippen LogP contribution in [0.3, 0.4) is 0 Å². The number of hydrogen-bond donors (Lipinski definition) is 0. The van der Waals surface area contributed by atoms with Crippen molar-refractivity contribution < 1.29 is 14.6 Å². The van der Waals surface area contributed by atoms with Gasteiger partial charge in [-0.3, -0.25) is 10.1 Å².